The number of amides is 1. The molecule has 0 saturated heterocycles. The molecule has 1 aliphatic carbocycles. The van der Waals surface area contributed by atoms with Crippen LogP contribution in [0.3, 0.4) is 0 Å². The van der Waals surface area contributed by atoms with E-state index < -0.39 is 5.97 Å². The summed E-state index contributed by atoms with van der Waals surface area (Å²) in [4.78, 5) is 30.3. The largest absolute Gasteiger partial charge is 0.452 e. The van der Waals surface area contributed by atoms with Gasteiger partial charge in [0.25, 0.3) is 5.91 Å². The van der Waals surface area contributed by atoms with Crippen LogP contribution in [0.15, 0.2) is 54.6 Å². The number of rotatable bonds is 5. The van der Waals surface area contributed by atoms with E-state index in [2.05, 4.69) is 12.2 Å². The minimum absolute atomic E-state index is 0.160. The summed E-state index contributed by atoms with van der Waals surface area (Å²) in [6, 6.07) is 17.5. The second-order valence-corrected chi connectivity index (χ2v) is 8.36. The Hall–Kier alpha value is -3.21. The van der Waals surface area contributed by atoms with Gasteiger partial charge in [-0.25, -0.2) is 9.78 Å². The number of esters is 1. The fraction of sp³-hybridized carbons (Fsp3) is 0.346. The number of pyridine rings is 1. The molecular formula is C26H28N2O3. The predicted molar refractivity (Wildman–Crippen MR) is 122 cm³/mol. The summed E-state index contributed by atoms with van der Waals surface area (Å²) in [6.07, 6.45) is 4.44. The molecule has 5 heteroatoms. The quantitative estimate of drug-likeness (QED) is 0.590. The van der Waals surface area contributed by atoms with Crippen molar-refractivity contribution >= 4 is 22.8 Å². The number of ether oxygens (including phenoxy) is 1. The summed E-state index contributed by atoms with van der Waals surface area (Å²) in [5.74, 6) is -0.292. The Kier molecular flexibility index (Phi) is 6.31. The molecule has 0 spiro atoms. The molecule has 3 aromatic rings. The lowest BCUT2D eigenvalue weighted by atomic mass is 9.86. The summed E-state index contributed by atoms with van der Waals surface area (Å²) in [5, 5.41) is 3.76. The number of carbonyl (C=O) groups excluding carboxylic acids is 2. The van der Waals surface area contributed by atoms with E-state index in [9.17, 15) is 9.59 Å². The first-order chi connectivity index (χ1) is 15.0. The monoisotopic (exact) mass is 416 g/mol. The van der Waals surface area contributed by atoms with Crippen LogP contribution >= 0.6 is 0 Å². The molecule has 4 rings (SSSR count). The van der Waals surface area contributed by atoms with E-state index >= 15 is 0 Å². The minimum Gasteiger partial charge on any atom is -0.452 e. The van der Waals surface area contributed by atoms with Crippen LogP contribution in [-0.4, -0.2) is 29.5 Å². The first kappa shape index (κ1) is 21.0. The van der Waals surface area contributed by atoms with Crippen LogP contribution in [0, 0.1) is 12.8 Å². The fourth-order valence-electron chi connectivity index (χ4n) is 4.43. The number of para-hydroxylation sites is 1. The highest BCUT2D eigenvalue weighted by atomic mass is 16.5. The summed E-state index contributed by atoms with van der Waals surface area (Å²) in [7, 11) is 0. The maximum absolute atomic E-state index is 13.1. The Morgan fingerprint density at radius 1 is 1.03 bits per heavy atom. The first-order valence-corrected chi connectivity index (χ1v) is 11.0. The highest BCUT2D eigenvalue weighted by Gasteiger charge is 2.24. The maximum atomic E-state index is 13.1. The molecule has 0 unspecified atom stereocenters. The van der Waals surface area contributed by atoms with Crippen molar-refractivity contribution < 1.29 is 14.3 Å². The Balaban J connectivity index is 1.57. The van der Waals surface area contributed by atoms with Crippen LogP contribution in [-0.2, 0) is 9.53 Å². The Labute approximate surface area is 182 Å². The van der Waals surface area contributed by atoms with Crippen molar-refractivity contribution in [2.75, 3.05) is 6.61 Å². The van der Waals surface area contributed by atoms with Crippen LogP contribution in [0.25, 0.3) is 22.2 Å². The minimum atomic E-state index is -0.500. The Bertz CT molecular complexity index is 1090. The van der Waals surface area contributed by atoms with E-state index in [0.717, 1.165) is 47.0 Å². The molecule has 0 bridgehead atoms. The van der Waals surface area contributed by atoms with E-state index in [-0.39, 0.29) is 18.6 Å². The lowest BCUT2D eigenvalue weighted by Crippen LogP contribution is -2.42. The molecule has 31 heavy (non-hydrogen) atoms. The third-order valence-corrected chi connectivity index (χ3v) is 6.18. The number of hydrogen-bond donors (Lipinski definition) is 1. The van der Waals surface area contributed by atoms with Gasteiger partial charge in [0, 0.05) is 17.0 Å². The van der Waals surface area contributed by atoms with Gasteiger partial charge in [0.1, 0.15) is 0 Å². The Morgan fingerprint density at radius 2 is 1.74 bits per heavy atom. The summed E-state index contributed by atoms with van der Waals surface area (Å²) in [6.45, 7) is 3.76. The van der Waals surface area contributed by atoms with Gasteiger partial charge in [-0.3, -0.25) is 4.79 Å². The third-order valence-electron chi connectivity index (χ3n) is 6.18. The molecule has 0 aliphatic heterocycles. The van der Waals surface area contributed by atoms with Crippen molar-refractivity contribution in [3.05, 3.63) is 65.7 Å². The van der Waals surface area contributed by atoms with Crippen LogP contribution < -0.4 is 5.32 Å². The number of benzene rings is 2. The highest BCUT2D eigenvalue weighted by Crippen LogP contribution is 2.30. The first-order valence-electron chi connectivity index (χ1n) is 11.0. The molecular weight excluding hydrogens is 388 g/mol. The number of nitrogens with zero attached hydrogens (tertiary/aromatic N) is 1. The van der Waals surface area contributed by atoms with Crippen molar-refractivity contribution in [1.29, 1.82) is 0 Å². The number of hydrogen-bond acceptors (Lipinski definition) is 4. The molecule has 1 amide bonds. The van der Waals surface area contributed by atoms with Gasteiger partial charge in [0.15, 0.2) is 6.61 Å². The molecule has 1 N–H and O–H groups in total. The lowest BCUT2D eigenvalue weighted by Gasteiger charge is -2.29. The molecule has 1 saturated carbocycles. The predicted octanol–water partition coefficient (Wildman–Crippen LogP) is 5.06. The zero-order valence-corrected chi connectivity index (χ0v) is 18.1. The fourth-order valence-corrected chi connectivity index (χ4v) is 4.43. The van der Waals surface area contributed by atoms with Gasteiger partial charge in [-0.1, -0.05) is 68.3 Å². The smallest absolute Gasteiger partial charge is 0.339 e. The van der Waals surface area contributed by atoms with E-state index in [1.54, 1.807) is 0 Å². The van der Waals surface area contributed by atoms with E-state index in [1.165, 1.54) is 6.42 Å². The molecule has 5 nitrogen and oxygen atoms in total. The molecule has 2 atom stereocenters. The number of nitrogens with one attached hydrogen (secondary N) is 1. The molecule has 1 aliphatic rings. The van der Waals surface area contributed by atoms with Crippen molar-refractivity contribution in [2.45, 2.75) is 45.6 Å². The molecule has 1 aromatic heterocycles. The van der Waals surface area contributed by atoms with Crippen molar-refractivity contribution in [3.63, 3.8) is 0 Å². The van der Waals surface area contributed by atoms with Gasteiger partial charge in [-0.05, 0) is 37.3 Å². The lowest BCUT2D eigenvalue weighted by molar-refractivity contribution is -0.125. The second kappa shape index (κ2) is 9.29. The van der Waals surface area contributed by atoms with Gasteiger partial charge in [0.05, 0.1) is 16.8 Å². The van der Waals surface area contributed by atoms with Crippen molar-refractivity contribution in [3.8, 4) is 11.3 Å². The van der Waals surface area contributed by atoms with Gasteiger partial charge >= 0.3 is 5.97 Å². The standard InChI is InChI=1S/C26H28N2O3/c1-17-10-6-8-14-21(17)27-23(29)16-31-26(30)24-18(2)25(19-11-4-3-5-12-19)28-22-15-9-7-13-20(22)24/h3-5,7,9,11-13,15,17,21H,6,8,10,14,16H2,1-2H3,(H,27,29)/t17-,21+/m0/s1. The number of fused-ring (bicyclic) bond motifs is 1. The van der Waals surface area contributed by atoms with Crippen LogP contribution in [0.2, 0.25) is 0 Å². The third kappa shape index (κ3) is 4.61. The maximum Gasteiger partial charge on any atom is 0.339 e. The Morgan fingerprint density at radius 3 is 2.52 bits per heavy atom. The molecule has 1 fully saturated rings. The summed E-state index contributed by atoms with van der Waals surface area (Å²) >= 11 is 0. The average Bonchev–Trinajstić information content (AvgIpc) is 2.79. The number of aromatic nitrogens is 1. The molecule has 2 aromatic carbocycles. The topological polar surface area (TPSA) is 68.3 Å². The second-order valence-electron chi connectivity index (χ2n) is 8.36. The van der Waals surface area contributed by atoms with Gasteiger partial charge in [-0.15, -0.1) is 0 Å². The van der Waals surface area contributed by atoms with E-state index in [4.69, 9.17) is 9.72 Å². The number of carbonyl (C=O) groups is 2. The average molecular weight is 417 g/mol. The molecule has 1 heterocycles. The highest BCUT2D eigenvalue weighted by molar-refractivity contribution is 6.06. The van der Waals surface area contributed by atoms with Crippen molar-refractivity contribution in [2.24, 2.45) is 5.92 Å². The summed E-state index contributed by atoms with van der Waals surface area (Å²) in [5.41, 5.74) is 3.61. The zero-order chi connectivity index (χ0) is 21.8. The normalized spacial score (nSPS) is 18.5. The van der Waals surface area contributed by atoms with E-state index in [0.29, 0.717) is 11.5 Å². The van der Waals surface area contributed by atoms with Crippen LogP contribution in [0.4, 0.5) is 0 Å². The zero-order valence-electron chi connectivity index (χ0n) is 18.1. The SMILES string of the molecule is Cc1c(-c2ccccc2)nc2ccccc2c1C(=O)OCC(=O)N[C@@H]1CCCC[C@@H]1C. The summed E-state index contributed by atoms with van der Waals surface area (Å²) < 4.78 is 5.47. The molecule has 160 valence electrons. The van der Waals surface area contributed by atoms with E-state index in [1.807, 2.05) is 61.5 Å². The van der Waals surface area contributed by atoms with Gasteiger partial charge in [0.2, 0.25) is 0 Å². The van der Waals surface area contributed by atoms with Crippen LogP contribution in [0.1, 0.15) is 48.5 Å². The van der Waals surface area contributed by atoms with Crippen LogP contribution in [0.5, 0.6) is 0 Å². The van der Waals surface area contributed by atoms with Gasteiger partial charge < -0.3 is 10.1 Å². The molecule has 0 radical (unpaired) electrons. The van der Waals surface area contributed by atoms with Crippen molar-refractivity contribution in [1.82, 2.24) is 10.3 Å². The van der Waals surface area contributed by atoms with Gasteiger partial charge in [-0.2, -0.15) is 0 Å².